The van der Waals surface area contributed by atoms with Gasteiger partial charge in [-0.1, -0.05) is 6.58 Å². The molecule has 0 radical (unpaired) electrons. The van der Waals surface area contributed by atoms with Crippen molar-refractivity contribution in [2.75, 3.05) is 66.5 Å². The predicted octanol–water partition coefficient (Wildman–Crippen LogP) is 2.81. The van der Waals surface area contributed by atoms with Gasteiger partial charge in [-0.05, 0) is 44.4 Å². The van der Waals surface area contributed by atoms with Crippen molar-refractivity contribution in [1.29, 1.82) is 0 Å². The molecule has 0 spiro atoms. The van der Waals surface area contributed by atoms with Crippen LogP contribution in [0.4, 0.5) is 27.7 Å². The van der Waals surface area contributed by atoms with Crippen LogP contribution in [0.1, 0.15) is 37.9 Å². The third kappa shape index (κ3) is 7.02. The van der Waals surface area contributed by atoms with Gasteiger partial charge in [0, 0.05) is 61.0 Å². The number of alkyl halides is 1. The minimum absolute atomic E-state index is 0.00151. The van der Waals surface area contributed by atoms with Gasteiger partial charge in [-0.2, -0.15) is 4.98 Å². The number of carbonyl (C=O) groups excluding carboxylic acids is 1. The summed E-state index contributed by atoms with van der Waals surface area (Å²) in [6, 6.07) is 3.37. The zero-order valence-electron chi connectivity index (χ0n) is 26.6. The van der Waals surface area contributed by atoms with Crippen LogP contribution in [-0.4, -0.2) is 114 Å². The minimum Gasteiger partial charge on any atom is -0.394 e. The van der Waals surface area contributed by atoms with Crippen LogP contribution < -0.4 is 15.1 Å². The Labute approximate surface area is 273 Å². The molecule has 0 bridgehead atoms. The van der Waals surface area contributed by atoms with Crippen LogP contribution in [-0.2, 0) is 19.4 Å². The molecule has 0 saturated carbocycles. The molecule has 0 aliphatic carbocycles. The molecular formula is C32H41FN8O5S. The molecule has 3 aliphatic rings. The van der Waals surface area contributed by atoms with Gasteiger partial charge < -0.3 is 29.9 Å². The monoisotopic (exact) mass is 668 g/mol. The molecule has 6 heterocycles. The van der Waals surface area contributed by atoms with E-state index in [-0.39, 0.29) is 49.4 Å². The first kappa shape index (κ1) is 33.0. The standard InChI is InChI=1S/C32H41FN8O5S/c1-4-30(43)40-10-5-6-25(40)31-22-14-29(35-15-23(22)26(16-36-31)41-17-21(20(41)2)19-47(3,44)45)37-28-7-9-34-32(38-28)39-11-8-27(24(33)18-39)46-13-12-42/h4,7,9,14-16,20-21,24-25,27,42H,1,5-6,8,10-13,17-19H2,2-3H3,(H,34,35,37,38)/t20-,21-,24+,25?,27-/m1/s1. The molecule has 6 rings (SSSR count). The number of amides is 1. The number of hydrogen-bond acceptors (Lipinski definition) is 12. The number of likely N-dealkylation sites (tertiary alicyclic amines) is 1. The summed E-state index contributed by atoms with van der Waals surface area (Å²) in [5.74, 6) is 1.36. The van der Waals surface area contributed by atoms with Gasteiger partial charge in [-0.25, -0.2) is 22.8 Å². The molecule has 252 valence electrons. The summed E-state index contributed by atoms with van der Waals surface area (Å²) in [5.41, 5.74) is 1.61. The molecule has 5 atom stereocenters. The molecular weight excluding hydrogens is 627 g/mol. The van der Waals surface area contributed by atoms with Gasteiger partial charge in [-0.3, -0.25) is 9.78 Å². The second kappa shape index (κ2) is 13.6. The zero-order chi connectivity index (χ0) is 33.3. The van der Waals surface area contributed by atoms with Gasteiger partial charge >= 0.3 is 0 Å². The highest BCUT2D eigenvalue weighted by molar-refractivity contribution is 7.90. The number of pyridine rings is 2. The highest BCUT2D eigenvalue weighted by Gasteiger charge is 2.39. The lowest BCUT2D eigenvalue weighted by Gasteiger charge is -2.48. The van der Waals surface area contributed by atoms with E-state index in [2.05, 4.69) is 26.8 Å². The molecule has 47 heavy (non-hydrogen) atoms. The molecule has 0 aromatic carbocycles. The molecule has 3 fully saturated rings. The fraction of sp³-hybridized carbons (Fsp3) is 0.531. The second-order valence-electron chi connectivity index (χ2n) is 12.5. The number of anilines is 4. The number of carbonyl (C=O) groups is 1. The van der Waals surface area contributed by atoms with E-state index < -0.39 is 22.1 Å². The number of fused-ring (bicyclic) bond motifs is 1. The number of aliphatic hydroxyl groups excluding tert-OH is 1. The van der Waals surface area contributed by atoms with Gasteiger partial charge in [0.1, 0.15) is 27.6 Å². The molecule has 13 nitrogen and oxygen atoms in total. The van der Waals surface area contributed by atoms with E-state index in [4.69, 9.17) is 19.8 Å². The number of piperidine rings is 1. The smallest absolute Gasteiger partial charge is 0.246 e. The summed E-state index contributed by atoms with van der Waals surface area (Å²) in [4.78, 5) is 37.1. The number of rotatable bonds is 11. The molecule has 1 amide bonds. The average molecular weight is 669 g/mol. The Morgan fingerprint density at radius 2 is 2.00 bits per heavy atom. The Balaban J connectivity index is 1.29. The highest BCUT2D eigenvalue weighted by atomic mass is 32.2. The largest absolute Gasteiger partial charge is 0.394 e. The van der Waals surface area contributed by atoms with Crippen molar-refractivity contribution in [3.8, 4) is 0 Å². The van der Waals surface area contributed by atoms with Crippen molar-refractivity contribution in [3.63, 3.8) is 0 Å². The van der Waals surface area contributed by atoms with Gasteiger partial charge in [-0.15, -0.1) is 0 Å². The van der Waals surface area contributed by atoms with Crippen LogP contribution in [0.3, 0.4) is 0 Å². The van der Waals surface area contributed by atoms with Gasteiger partial charge in [0.2, 0.25) is 11.9 Å². The van der Waals surface area contributed by atoms with E-state index in [1.807, 2.05) is 13.0 Å². The number of ether oxygens (including phenoxy) is 1. The Morgan fingerprint density at radius 1 is 1.17 bits per heavy atom. The first-order chi connectivity index (χ1) is 22.6. The third-order valence-electron chi connectivity index (χ3n) is 9.33. The molecule has 3 saturated heterocycles. The van der Waals surface area contributed by atoms with Crippen molar-refractivity contribution >= 4 is 49.8 Å². The van der Waals surface area contributed by atoms with Crippen LogP contribution in [0, 0.1) is 5.92 Å². The van der Waals surface area contributed by atoms with E-state index in [0.717, 1.165) is 35.0 Å². The van der Waals surface area contributed by atoms with Crippen molar-refractivity contribution in [2.45, 2.75) is 50.5 Å². The molecule has 3 aliphatic heterocycles. The van der Waals surface area contributed by atoms with Crippen LogP contribution in [0.15, 0.2) is 43.4 Å². The number of hydrogen-bond donors (Lipinski definition) is 2. The first-order valence-corrected chi connectivity index (χ1v) is 18.0. The number of aliphatic hydroxyl groups is 1. The normalized spacial score (nSPS) is 24.8. The molecule has 3 aromatic heterocycles. The van der Waals surface area contributed by atoms with Gasteiger partial charge in [0.25, 0.3) is 0 Å². The summed E-state index contributed by atoms with van der Waals surface area (Å²) in [6.45, 7) is 7.43. The summed E-state index contributed by atoms with van der Waals surface area (Å²) in [7, 11) is -3.11. The zero-order valence-corrected chi connectivity index (χ0v) is 27.4. The van der Waals surface area contributed by atoms with E-state index in [1.54, 1.807) is 34.5 Å². The lowest BCUT2D eigenvalue weighted by Crippen LogP contribution is -2.57. The maximum atomic E-state index is 14.8. The molecule has 3 aromatic rings. The van der Waals surface area contributed by atoms with Crippen molar-refractivity contribution in [2.24, 2.45) is 5.92 Å². The summed E-state index contributed by atoms with van der Waals surface area (Å²) in [5, 5.41) is 14.0. The number of sulfone groups is 1. The van der Waals surface area contributed by atoms with Crippen LogP contribution in [0.2, 0.25) is 0 Å². The highest BCUT2D eigenvalue weighted by Crippen LogP contribution is 2.41. The number of nitrogens with one attached hydrogen (secondary N) is 1. The van der Waals surface area contributed by atoms with Crippen molar-refractivity contribution in [3.05, 3.63) is 49.1 Å². The molecule has 15 heteroatoms. The van der Waals surface area contributed by atoms with Crippen LogP contribution >= 0.6 is 0 Å². The maximum Gasteiger partial charge on any atom is 0.246 e. The Morgan fingerprint density at radius 3 is 2.72 bits per heavy atom. The number of aromatic nitrogens is 4. The topological polar surface area (TPSA) is 154 Å². The Hall–Kier alpha value is -3.95. The first-order valence-electron chi connectivity index (χ1n) is 15.9. The van der Waals surface area contributed by atoms with E-state index in [1.165, 1.54) is 12.3 Å². The van der Waals surface area contributed by atoms with E-state index in [9.17, 15) is 17.6 Å². The fourth-order valence-electron chi connectivity index (χ4n) is 6.88. The van der Waals surface area contributed by atoms with E-state index >= 15 is 0 Å². The van der Waals surface area contributed by atoms with Gasteiger partial charge in [0.05, 0.1) is 55.2 Å². The van der Waals surface area contributed by atoms with Gasteiger partial charge in [0.15, 0.2) is 0 Å². The fourth-order valence-corrected chi connectivity index (χ4v) is 8.04. The maximum absolute atomic E-state index is 14.8. The number of halogens is 1. The Bertz CT molecular complexity index is 1750. The molecule has 1 unspecified atom stereocenters. The lowest BCUT2D eigenvalue weighted by molar-refractivity contribution is -0.126. The number of nitrogens with zero attached hydrogens (tertiary/aromatic N) is 7. The average Bonchev–Trinajstić information content (AvgIpc) is 3.54. The van der Waals surface area contributed by atoms with E-state index in [0.29, 0.717) is 43.6 Å². The van der Waals surface area contributed by atoms with Crippen LogP contribution in [0.25, 0.3) is 10.8 Å². The third-order valence-corrected chi connectivity index (χ3v) is 10.4. The summed E-state index contributed by atoms with van der Waals surface area (Å²) in [6.07, 6.45) is 8.02. The quantitative estimate of drug-likeness (QED) is 0.289. The minimum atomic E-state index is -3.11. The predicted molar refractivity (Wildman–Crippen MR) is 177 cm³/mol. The SMILES string of the molecule is C=CC(=O)N1CCCC1c1ncc(N2C[C@H](CS(C)(=O)=O)[C@H]2C)c2cnc(Nc3ccnc(N4CC[C@@H](OCCO)[C@@H](F)C4)n3)cc12. The second-order valence-corrected chi connectivity index (χ2v) is 14.7. The van der Waals surface area contributed by atoms with Crippen molar-refractivity contribution in [1.82, 2.24) is 24.8 Å². The van der Waals surface area contributed by atoms with Crippen LogP contribution in [0.5, 0.6) is 0 Å². The lowest BCUT2D eigenvalue weighted by atomic mass is 9.90. The summed E-state index contributed by atoms with van der Waals surface area (Å²) >= 11 is 0. The molecule has 2 N–H and O–H groups in total. The summed E-state index contributed by atoms with van der Waals surface area (Å²) < 4.78 is 44.2. The Kier molecular flexibility index (Phi) is 9.58. The van der Waals surface area contributed by atoms with Crippen molar-refractivity contribution < 1.29 is 27.4 Å².